The standard InChI is InChI=1S/C24H31F3N4O3/c1-6-30-17-12-31(20(14(4)5)21(32)28-11-13(2)3)22(33)18(17)19(29-23(30)34)15-9-7-8-10-16(15)24(25,26)27/h7-10,13-14,19-20H,6,11-12H2,1-5H3,(H,28,32)(H,29,34)/t19-,20-/m1/s1. The molecule has 1 aromatic carbocycles. The summed E-state index contributed by atoms with van der Waals surface area (Å²) >= 11 is 0. The van der Waals surface area contributed by atoms with Crippen molar-refractivity contribution in [2.24, 2.45) is 11.8 Å². The van der Waals surface area contributed by atoms with Crippen LogP contribution >= 0.6 is 0 Å². The third kappa shape index (κ3) is 4.76. The largest absolute Gasteiger partial charge is 0.416 e. The molecule has 3 rings (SSSR count). The van der Waals surface area contributed by atoms with E-state index in [4.69, 9.17) is 0 Å². The van der Waals surface area contributed by atoms with Crippen molar-refractivity contribution in [3.05, 3.63) is 46.7 Å². The molecule has 2 atom stereocenters. The van der Waals surface area contributed by atoms with Crippen LogP contribution in [0.3, 0.4) is 0 Å². The van der Waals surface area contributed by atoms with E-state index in [1.165, 1.54) is 28.0 Å². The molecule has 2 aliphatic rings. The normalized spacial score (nSPS) is 19.6. The van der Waals surface area contributed by atoms with Gasteiger partial charge in [-0.25, -0.2) is 4.79 Å². The molecule has 2 N–H and O–H groups in total. The quantitative estimate of drug-likeness (QED) is 0.625. The highest BCUT2D eigenvalue weighted by Crippen LogP contribution is 2.42. The van der Waals surface area contributed by atoms with E-state index in [2.05, 4.69) is 10.6 Å². The van der Waals surface area contributed by atoms with Gasteiger partial charge in [0, 0.05) is 13.1 Å². The van der Waals surface area contributed by atoms with Crippen molar-refractivity contribution >= 4 is 17.8 Å². The fourth-order valence-corrected chi connectivity index (χ4v) is 4.53. The minimum absolute atomic E-state index is 0.0297. The van der Waals surface area contributed by atoms with Gasteiger partial charge in [0.05, 0.1) is 29.4 Å². The third-order valence-corrected chi connectivity index (χ3v) is 6.06. The van der Waals surface area contributed by atoms with E-state index < -0.39 is 35.8 Å². The zero-order chi connectivity index (χ0) is 25.4. The summed E-state index contributed by atoms with van der Waals surface area (Å²) in [5.41, 5.74) is -0.716. The Morgan fingerprint density at radius 3 is 2.38 bits per heavy atom. The van der Waals surface area contributed by atoms with Crippen LogP contribution in [0.5, 0.6) is 0 Å². The highest BCUT2D eigenvalue weighted by molar-refractivity contribution is 6.03. The summed E-state index contributed by atoms with van der Waals surface area (Å²) in [6.07, 6.45) is -4.66. The molecule has 1 aromatic rings. The molecule has 0 saturated carbocycles. The van der Waals surface area contributed by atoms with Gasteiger partial charge in [-0.05, 0) is 30.4 Å². The maximum atomic E-state index is 13.8. The van der Waals surface area contributed by atoms with Crippen molar-refractivity contribution in [2.75, 3.05) is 19.6 Å². The van der Waals surface area contributed by atoms with Crippen LogP contribution in [0.1, 0.15) is 51.8 Å². The molecule has 186 valence electrons. The van der Waals surface area contributed by atoms with Crippen molar-refractivity contribution in [2.45, 2.75) is 52.9 Å². The smallest absolute Gasteiger partial charge is 0.354 e. The topological polar surface area (TPSA) is 81.8 Å². The van der Waals surface area contributed by atoms with Crippen LogP contribution in [0.15, 0.2) is 35.5 Å². The second kappa shape index (κ2) is 9.68. The number of rotatable bonds is 7. The first-order chi connectivity index (χ1) is 15.9. The van der Waals surface area contributed by atoms with E-state index in [0.29, 0.717) is 12.2 Å². The lowest BCUT2D eigenvalue weighted by Gasteiger charge is -2.33. The lowest BCUT2D eigenvalue weighted by Crippen LogP contribution is -2.52. The van der Waals surface area contributed by atoms with E-state index in [-0.39, 0.29) is 42.0 Å². The number of hydrogen-bond acceptors (Lipinski definition) is 3. The molecule has 0 fully saturated rings. The van der Waals surface area contributed by atoms with Gasteiger partial charge in [-0.1, -0.05) is 45.9 Å². The Balaban J connectivity index is 2.06. The SMILES string of the molecule is CCN1C(=O)N[C@H](c2ccccc2C(F)(F)F)C2=C1CN([C@@H](C(=O)NCC(C)C)C(C)C)C2=O. The first kappa shape index (κ1) is 25.6. The highest BCUT2D eigenvalue weighted by atomic mass is 19.4. The summed E-state index contributed by atoms with van der Waals surface area (Å²) in [4.78, 5) is 42.2. The molecule has 0 aliphatic carbocycles. The number of nitrogens with zero attached hydrogens (tertiary/aromatic N) is 2. The van der Waals surface area contributed by atoms with Crippen LogP contribution in [0.2, 0.25) is 0 Å². The van der Waals surface area contributed by atoms with Crippen molar-refractivity contribution in [3.63, 3.8) is 0 Å². The predicted molar refractivity (Wildman–Crippen MR) is 120 cm³/mol. The average Bonchev–Trinajstić information content (AvgIpc) is 3.07. The number of likely N-dealkylation sites (N-methyl/N-ethyl adjacent to an activating group) is 1. The Labute approximate surface area is 197 Å². The Morgan fingerprint density at radius 2 is 1.82 bits per heavy atom. The summed E-state index contributed by atoms with van der Waals surface area (Å²) in [5.74, 6) is -0.921. The van der Waals surface area contributed by atoms with Crippen LogP contribution in [0.25, 0.3) is 0 Å². The summed E-state index contributed by atoms with van der Waals surface area (Å²) < 4.78 is 41.3. The van der Waals surface area contributed by atoms with Crippen LogP contribution in [0, 0.1) is 11.8 Å². The first-order valence-corrected chi connectivity index (χ1v) is 11.4. The molecule has 0 unspecified atom stereocenters. The molecular formula is C24H31F3N4O3. The van der Waals surface area contributed by atoms with Gasteiger partial charge in [0.2, 0.25) is 5.91 Å². The number of urea groups is 1. The number of amides is 4. The number of benzene rings is 1. The van der Waals surface area contributed by atoms with E-state index in [0.717, 1.165) is 6.07 Å². The minimum Gasteiger partial charge on any atom is -0.354 e. The highest BCUT2D eigenvalue weighted by Gasteiger charge is 2.49. The van der Waals surface area contributed by atoms with Gasteiger partial charge in [-0.15, -0.1) is 0 Å². The second-order valence-corrected chi connectivity index (χ2v) is 9.33. The van der Waals surface area contributed by atoms with E-state index in [9.17, 15) is 27.6 Å². The van der Waals surface area contributed by atoms with Gasteiger partial charge in [-0.3, -0.25) is 14.5 Å². The molecule has 4 amide bonds. The molecule has 0 aromatic heterocycles. The van der Waals surface area contributed by atoms with Crippen molar-refractivity contribution in [3.8, 4) is 0 Å². The summed E-state index contributed by atoms with van der Waals surface area (Å²) in [6, 6.07) is 2.23. The molecule has 34 heavy (non-hydrogen) atoms. The summed E-state index contributed by atoms with van der Waals surface area (Å²) in [5, 5.41) is 5.44. The van der Waals surface area contributed by atoms with Crippen LogP contribution in [0.4, 0.5) is 18.0 Å². The maximum Gasteiger partial charge on any atom is 0.416 e. The molecule has 0 saturated heterocycles. The molecule has 7 nitrogen and oxygen atoms in total. The summed E-state index contributed by atoms with van der Waals surface area (Å²) in [6.45, 7) is 9.86. The van der Waals surface area contributed by atoms with Crippen molar-refractivity contribution in [1.29, 1.82) is 0 Å². The summed E-state index contributed by atoms with van der Waals surface area (Å²) in [7, 11) is 0. The maximum absolute atomic E-state index is 13.8. The molecular weight excluding hydrogens is 449 g/mol. The zero-order valence-electron chi connectivity index (χ0n) is 20.0. The van der Waals surface area contributed by atoms with Gasteiger partial charge in [0.15, 0.2) is 0 Å². The number of halogens is 3. The molecule has 2 heterocycles. The van der Waals surface area contributed by atoms with E-state index in [1.807, 2.05) is 27.7 Å². The fourth-order valence-electron chi connectivity index (χ4n) is 4.53. The molecule has 0 spiro atoms. The third-order valence-electron chi connectivity index (χ3n) is 6.06. The minimum atomic E-state index is -4.66. The van der Waals surface area contributed by atoms with Crippen LogP contribution in [-0.2, 0) is 15.8 Å². The predicted octanol–water partition coefficient (Wildman–Crippen LogP) is 3.68. The second-order valence-electron chi connectivity index (χ2n) is 9.33. The molecule has 0 radical (unpaired) electrons. The zero-order valence-corrected chi connectivity index (χ0v) is 20.0. The van der Waals surface area contributed by atoms with Gasteiger partial charge in [0.25, 0.3) is 5.91 Å². The fraction of sp³-hybridized carbons (Fsp3) is 0.542. The van der Waals surface area contributed by atoms with Gasteiger partial charge in [0.1, 0.15) is 6.04 Å². The lowest BCUT2D eigenvalue weighted by molar-refractivity contribution is -0.139. The average molecular weight is 481 g/mol. The first-order valence-electron chi connectivity index (χ1n) is 11.4. The number of alkyl halides is 3. The lowest BCUT2D eigenvalue weighted by atomic mass is 9.91. The Hall–Kier alpha value is -3.04. The monoisotopic (exact) mass is 480 g/mol. The van der Waals surface area contributed by atoms with Gasteiger partial charge >= 0.3 is 12.2 Å². The van der Waals surface area contributed by atoms with E-state index in [1.54, 1.807) is 6.92 Å². The molecule has 10 heteroatoms. The number of hydrogen-bond donors (Lipinski definition) is 2. The van der Waals surface area contributed by atoms with Crippen LogP contribution < -0.4 is 10.6 Å². The van der Waals surface area contributed by atoms with E-state index >= 15 is 0 Å². The Morgan fingerprint density at radius 1 is 1.18 bits per heavy atom. The number of nitrogens with one attached hydrogen (secondary N) is 2. The number of carbonyl (C=O) groups is 3. The van der Waals surface area contributed by atoms with Crippen molar-refractivity contribution < 1.29 is 27.6 Å². The number of carbonyl (C=O) groups excluding carboxylic acids is 3. The van der Waals surface area contributed by atoms with Gasteiger partial charge < -0.3 is 15.5 Å². The Kier molecular flexibility index (Phi) is 7.28. The van der Waals surface area contributed by atoms with Crippen LogP contribution in [-0.4, -0.2) is 53.3 Å². The van der Waals surface area contributed by atoms with Crippen molar-refractivity contribution in [1.82, 2.24) is 20.4 Å². The van der Waals surface area contributed by atoms with Gasteiger partial charge in [-0.2, -0.15) is 13.2 Å². The molecule has 0 bridgehead atoms. The molecule has 2 aliphatic heterocycles. The Bertz CT molecular complexity index is 1000.